The number of aromatic hydroxyl groups is 1. The minimum Gasteiger partial charge on any atom is -0.508 e. The highest BCUT2D eigenvalue weighted by molar-refractivity contribution is 6.01. The van der Waals surface area contributed by atoms with Crippen LogP contribution in [-0.4, -0.2) is 45.4 Å². The van der Waals surface area contributed by atoms with E-state index in [0.29, 0.717) is 51.9 Å². The van der Waals surface area contributed by atoms with Gasteiger partial charge in [-0.25, -0.2) is 18.7 Å². The van der Waals surface area contributed by atoms with E-state index < -0.39 is 11.2 Å². The Hall–Kier alpha value is -3.39. The molecule has 4 aromatic rings. The molecule has 1 unspecified atom stereocenters. The van der Waals surface area contributed by atoms with E-state index in [2.05, 4.69) is 9.88 Å². The van der Waals surface area contributed by atoms with Crippen LogP contribution in [0.2, 0.25) is 0 Å². The number of aryl methyl sites for hydroxylation is 1. The molecule has 0 bridgehead atoms. The molecule has 2 aliphatic rings. The molecule has 1 N–H and O–H groups in total. The number of nitrogens with zero attached hydrogens (tertiary/aromatic N) is 4. The van der Waals surface area contributed by atoms with Gasteiger partial charge in [0.1, 0.15) is 34.4 Å². The number of phenols is 1. The summed E-state index contributed by atoms with van der Waals surface area (Å²) in [5, 5.41) is 12.2. The first-order valence-corrected chi connectivity index (χ1v) is 13.3. The summed E-state index contributed by atoms with van der Waals surface area (Å²) in [4.78, 5) is 16.4. The molecule has 2 saturated heterocycles. The molecule has 2 aromatic carbocycles. The average Bonchev–Trinajstić information content (AvgIpc) is 2.87. The quantitative estimate of drug-likeness (QED) is 0.336. The molecule has 2 aromatic heterocycles. The van der Waals surface area contributed by atoms with Crippen molar-refractivity contribution in [2.75, 3.05) is 24.6 Å². The predicted molar refractivity (Wildman–Crippen MR) is 145 cm³/mol. The fraction of sp³-hybridized carbons (Fsp3) is 0.433. The van der Waals surface area contributed by atoms with Crippen LogP contribution >= 0.6 is 0 Å². The molecule has 8 heteroatoms. The number of rotatable bonds is 3. The van der Waals surface area contributed by atoms with Crippen molar-refractivity contribution in [3.05, 3.63) is 53.5 Å². The molecular formula is C30H32F2N4O2. The van der Waals surface area contributed by atoms with E-state index in [-0.39, 0.29) is 28.4 Å². The van der Waals surface area contributed by atoms with Gasteiger partial charge in [0.15, 0.2) is 5.82 Å². The monoisotopic (exact) mass is 518 g/mol. The van der Waals surface area contributed by atoms with Crippen LogP contribution in [0.15, 0.2) is 30.5 Å². The topological polar surface area (TPSA) is 71.4 Å². The maximum atomic E-state index is 16.5. The van der Waals surface area contributed by atoms with E-state index in [0.717, 1.165) is 32.4 Å². The number of phenolic OH excluding ortho intramolecular Hbond substituents is 1. The second kappa shape index (κ2) is 8.83. The predicted octanol–water partition coefficient (Wildman–Crippen LogP) is 6.45. The lowest BCUT2D eigenvalue weighted by Gasteiger charge is -2.49. The summed E-state index contributed by atoms with van der Waals surface area (Å²) in [7, 11) is 0. The molecule has 1 spiro atoms. The van der Waals surface area contributed by atoms with Crippen molar-refractivity contribution in [2.24, 2.45) is 0 Å². The minimum absolute atomic E-state index is 0.0284. The highest BCUT2D eigenvalue weighted by Gasteiger charge is 2.43. The van der Waals surface area contributed by atoms with Crippen LogP contribution in [0.5, 0.6) is 5.75 Å². The maximum absolute atomic E-state index is 16.5. The Balaban J connectivity index is 1.60. The van der Waals surface area contributed by atoms with Crippen molar-refractivity contribution >= 4 is 27.5 Å². The Bertz CT molecular complexity index is 1580. The Morgan fingerprint density at radius 1 is 1.13 bits per heavy atom. The van der Waals surface area contributed by atoms with Crippen molar-refractivity contribution in [1.82, 2.24) is 15.0 Å². The van der Waals surface area contributed by atoms with Gasteiger partial charge < -0.3 is 14.7 Å². The number of aromatic nitrogens is 3. The molecule has 0 amide bonds. The Morgan fingerprint density at radius 2 is 1.92 bits per heavy atom. The van der Waals surface area contributed by atoms with Crippen molar-refractivity contribution < 1.29 is 18.6 Å². The third kappa shape index (κ3) is 3.97. The summed E-state index contributed by atoms with van der Waals surface area (Å²) in [5.74, 6) is 0.173. The Morgan fingerprint density at radius 3 is 2.61 bits per heavy atom. The molecule has 6 nitrogen and oxygen atoms in total. The van der Waals surface area contributed by atoms with Crippen LogP contribution in [-0.2, 0) is 16.6 Å². The Kier molecular flexibility index (Phi) is 5.79. The number of hydrogen-bond acceptors (Lipinski definition) is 6. The third-order valence-electron chi connectivity index (χ3n) is 7.90. The van der Waals surface area contributed by atoms with Gasteiger partial charge in [0.25, 0.3) is 0 Å². The SMILES string of the molecule is CCc1c(F)ccc2cc(O)cc(-c3ncc4c(N5CCCC6(CCO6)C5)nc(C(C)(C)C)nc4c3F)c12. The van der Waals surface area contributed by atoms with Crippen molar-refractivity contribution in [2.45, 2.75) is 64.4 Å². The largest absolute Gasteiger partial charge is 0.508 e. The second-order valence-electron chi connectivity index (χ2n) is 11.6. The number of pyridine rings is 1. The summed E-state index contributed by atoms with van der Waals surface area (Å²) in [5.41, 5.74) is 0.412. The number of anilines is 1. The molecular weight excluding hydrogens is 486 g/mol. The Labute approximate surface area is 220 Å². The van der Waals surface area contributed by atoms with Gasteiger partial charge in [0.05, 0.1) is 17.6 Å². The van der Waals surface area contributed by atoms with E-state index in [4.69, 9.17) is 14.7 Å². The minimum atomic E-state index is -0.610. The van der Waals surface area contributed by atoms with E-state index in [1.54, 1.807) is 18.3 Å². The first kappa shape index (κ1) is 24.9. The molecule has 0 aliphatic carbocycles. The van der Waals surface area contributed by atoms with E-state index in [9.17, 15) is 9.50 Å². The number of ether oxygens (including phenoxy) is 1. The van der Waals surface area contributed by atoms with E-state index in [1.165, 1.54) is 12.1 Å². The zero-order chi connectivity index (χ0) is 26.8. The highest BCUT2D eigenvalue weighted by atomic mass is 19.1. The van der Waals surface area contributed by atoms with E-state index in [1.807, 2.05) is 27.7 Å². The van der Waals surface area contributed by atoms with Gasteiger partial charge in [-0.2, -0.15) is 0 Å². The lowest BCUT2D eigenvalue weighted by atomic mass is 9.85. The first-order valence-electron chi connectivity index (χ1n) is 13.3. The third-order valence-corrected chi connectivity index (χ3v) is 7.90. The molecule has 0 radical (unpaired) electrons. The van der Waals surface area contributed by atoms with Gasteiger partial charge in [-0.1, -0.05) is 33.8 Å². The molecule has 4 heterocycles. The van der Waals surface area contributed by atoms with Gasteiger partial charge in [-0.15, -0.1) is 0 Å². The smallest absolute Gasteiger partial charge is 0.175 e. The first-order chi connectivity index (χ1) is 18.1. The number of piperidine rings is 1. The average molecular weight is 519 g/mol. The molecule has 198 valence electrons. The molecule has 2 aliphatic heterocycles. The molecule has 38 heavy (non-hydrogen) atoms. The van der Waals surface area contributed by atoms with Crippen molar-refractivity contribution in [3.63, 3.8) is 0 Å². The van der Waals surface area contributed by atoms with Crippen LogP contribution < -0.4 is 4.90 Å². The van der Waals surface area contributed by atoms with Crippen molar-refractivity contribution in [3.8, 4) is 17.0 Å². The van der Waals surface area contributed by atoms with E-state index >= 15 is 4.39 Å². The van der Waals surface area contributed by atoms with Gasteiger partial charge in [-0.3, -0.25) is 4.98 Å². The standard InChI is InChI=1S/C30H32F2N4O2/c1-5-19-22(31)8-7-17-13-18(37)14-20(23(17)19)25-24(32)26-21(15-33-25)27(35-28(34-26)29(2,3)4)36-11-6-9-30(16-36)10-12-38-30/h7-8,13-15,37H,5-6,9-12,16H2,1-4H3. The number of hydrogen-bond donors (Lipinski definition) is 1. The zero-order valence-corrected chi connectivity index (χ0v) is 22.2. The zero-order valence-electron chi connectivity index (χ0n) is 22.2. The molecule has 6 rings (SSSR count). The van der Waals surface area contributed by atoms with Gasteiger partial charge >= 0.3 is 0 Å². The maximum Gasteiger partial charge on any atom is 0.175 e. The summed E-state index contributed by atoms with van der Waals surface area (Å²) in [6.45, 7) is 10.1. The van der Waals surface area contributed by atoms with Crippen LogP contribution in [0.1, 0.15) is 58.3 Å². The number of fused-ring (bicyclic) bond motifs is 2. The number of benzene rings is 2. The fourth-order valence-corrected chi connectivity index (χ4v) is 5.83. The van der Waals surface area contributed by atoms with Crippen LogP contribution in [0.3, 0.4) is 0 Å². The molecule has 0 saturated carbocycles. The normalized spacial score (nSPS) is 19.9. The van der Waals surface area contributed by atoms with Gasteiger partial charge in [-0.05, 0) is 53.8 Å². The van der Waals surface area contributed by atoms with Crippen LogP contribution in [0.25, 0.3) is 32.9 Å². The molecule has 1 atom stereocenters. The summed E-state index contributed by atoms with van der Waals surface area (Å²) < 4.78 is 37.3. The van der Waals surface area contributed by atoms with Crippen LogP contribution in [0, 0.1) is 11.6 Å². The number of halogens is 2. The van der Waals surface area contributed by atoms with Crippen molar-refractivity contribution in [1.29, 1.82) is 0 Å². The lowest BCUT2D eigenvalue weighted by Crippen LogP contribution is -2.56. The summed E-state index contributed by atoms with van der Waals surface area (Å²) in [6, 6.07) is 5.98. The highest BCUT2D eigenvalue weighted by Crippen LogP contribution is 2.41. The lowest BCUT2D eigenvalue weighted by molar-refractivity contribution is -0.151. The van der Waals surface area contributed by atoms with Crippen LogP contribution in [0.4, 0.5) is 14.6 Å². The van der Waals surface area contributed by atoms with Gasteiger partial charge in [0.2, 0.25) is 0 Å². The summed E-state index contributed by atoms with van der Waals surface area (Å²) in [6.07, 6.45) is 5.01. The fourth-order valence-electron chi connectivity index (χ4n) is 5.83. The second-order valence-corrected chi connectivity index (χ2v) is 11.6. The van der Waals surface area contributed by atoms with Gasteiger partial charge in [0, 0.05) is 36.7 Å². The molecule has 2 fully saturated rings. The summed E-state index contributed by atoms with van der Waals surface area (Å²) >= 11 is 0.